The van der Waals surface area contributed by atoms with Crippen LogP contribution in [-0.4, -0.2) is 19.5 Å². The fourth-order valence-electron chi connectivity index (χ4n) is 9.08. The molecule has 242 valence electrons. The van der Waals surface area contributed by atoms with Gasteiger partial charge in [0, 0.05) is 43.7 Å². The molecule has 1 atom stereocenters. The summed E-state index contributed by atoms with van der Waals surface area (Å²) in [7, 11) is 0. The van der Waals surface area contributed by atoms with Crippen molar-refractivity contribution in [3.63, 3.8) is 0 Å². The summed E-state index contributed by atoms with van der Waals surface area (Å²) in [5, 5.41) is 4.54. The Labute approximate surface area is 298 Å². The molecule has 0 N–H and O–H groups in total. The topological polar surface area (TPSA) is 56.7 Å². The van der Waals surface area contributed by atoms with Gasteiger partial charge in [-0.2, -0.15) is 0 Å². The molecule has 12 rings (SSSR count). The van der Waals surface area contributed by atoms with Crippen LogP contribution in [0.15, 0.2) is 156 Å². The molecule has 52 heavy (non-hydrogen) atoms. The largest absolute Gasteiger partial charge is 0.455 e. The van der Waals surface area contributed by atoms with Crippen LogP contribution in [0.4, 0.5) is 0 Å². The van der Waals surface area contributed by atoms with Gasteiger partial charge in [-0.3, -0.25) is 0 Å². The highest BCUT2D eigenvalue weighted by Crippen LogP contribution is 2.54. The fourth-order valence-corrected chi connectivity index (χ4v) is 9.08. The molecule has 5 nitrogen and oxygen atoms in total. The molecular formula is C47H28N4O. The Hall–Kier alpha value is -6.85. The van der Waals surface area contributed by atoms with E-state index in [9.17, 15) is 0 Å². The number of benzene rings is 7. The maximum Gasteiger partial charge on any atom is 0.167 e. The summed E-state index contributed by atoms with van der Waals surface area (Å²) < 4.78 is 9.46. The van der Waals surface area contributed by atoms with E-state index in [4.69, 9.17) is 19.4 Å². The Bertz CT molecular complexity index is 3150. The highest BCUT2D eigenvalue weighted by molar-refractivity contribution is 6.16. The third-order valence-corrected chi connectivity index (χ3v) is 11.4. The Morgan fingerprint density at radius 1 is 0.462 bits per heavy atom. The van der Waals surface area contributed by atoms with Crippen LogP contribution in [0.3, 0.4) is 0 Å². The van der Waals surface area contributed by atoms with Gasteiger partial charge in [0.15, 0.2) is 17.5 Å². The third kappa shape index (κ3) is 3.49. The SMILES string of the molecule is CC12c3ccccc3-c3nc(-c4ccccc4)nc(n3)-c3cccc4c3oc3c(cccc34)-c3cc1c1c(c3)c3ccccc3n1-c1ccccc12. The first-order chi connectivity index (χ1) is 25.7. The van der Waals surface area contributed by atoms with Crippen molar-refractivity contribution < 1.29 is 4.42 Å². The lowest BCUT2D eigenvalue weighted by Crippen LogP contribution is -2.31. The van der Waals surface area contributed by atoms with Crippen molar-refractivity contribution in [3.05, 3.63) is 168 Å². The van der Waals surface area contributed by atoms with E-state index in [0.29, 0.717) is 17.5 Å². The van der Waals surface area contributed by atoms with Crippen LogP contribution >= 0.6 is 0 Å². The standard InChI is InChI=1S/C47H28N4O/c1-47-36-21-7-5-16-33(36)45-48-44(27-13-3-2-4-14-27)49-46(50-45)34-20-12-19-32-31-18-11-17-29(42(31)52-43(32)34)28-25-35-30-15-6-9-23-39(30)51(41(35)38(47)26-28)40-24-10-8-22-37(40)47/h2-26H,1H3. The van der Waals surface area contributed by atoms with Gasteiger partial charge in [-0.1, -0.05) is 121 Å². The molecule has 0 saturated heterocycles. The lowest BCUT2D eigenvalue weighted by atomic mass is 9.66. The monoisotopic (exact) mass is 664 g/mol. The Morgan fingerprint density at radius 3 is 1.92 bits per heavy atom. The smallest absolute Gasteiger partial charge is 0.167 e. The van der Waals surface area contributed by atoms with Crippen LogP contribution < -0.4 is 0 Å². The van der Waals surface area contributed by atoms with Crippen molar-refractivity contribution in [2.24, 2.45) is 0 Å². The van der Waals surface area contributed by atoms with Gasteiger partial charge in [-0.05, 0) is 59.5 Å². The Kier molecular flexibility index (Phi) is 5.31. The van der Waals surface area contributed by atoms with Gasteiger partial charge in [0.05, 0.1) is 22.3 Å². The van der Waals surface area contributed by atoms with Gasteiger partial charge >= 0.3 is 0 Å². The number of furan rings is 1. The number of hydrogen-bond donors (Lipinski definition) is 0. The molecule has 0 spiro atoms. The number of hydrogen-bond acceptors (Lipinski definition) is 4. The maximum atomic E-state index is 6.99. The molecular weight excluding hydrogens is 637 g/mol. The van der Waals surface area contributed by atoms with Gasteiger partial charge in [-0.15, -0.1) is 0 Å². The lowest BCUT2D eigenvalue weighted by Gasteiger charge is -2.39. The number of rotatable bonds is 1. The van der Waals surface area contributed by atoms with Crippen LogP contribution in [0.2, 0.25) is 0 Å². The first-order valence-electron chi connectivity index (χ1n) is 17.7. The van der Waals surface area contributed by atoms with Gasteiger partial charge in [0.2, 0.25) is 0 Å². The van der Waals surface area contributed by atoms with Crippen LogP contribution in [0.1, 0.15) is 23.6 Å². The second-order valence-corrected chi connectivity index (χ2v) is 14.1. The summed E-state index contributed by atoms with van der Waals surface area (Å²) in [5.74, 6) is 1.83. The number of aromatic nitrogens is 4. The van der Waals surface area contributed by atoms with Crippen molar-refractivity contribution in [3.8, 4) is 51.0 Å². The quantitative estimate of drug-likeness (QED) is 0.175. The minimum Gasteiger partial charge on any atom is -0.455 e. The molecule has 0 saturated carbocycles. The van der Waals surface area contributed by atoms with E-state index < -0.39 is 5.41 Å². The van der Waals surface area contributed by atoms with E-state index in [0.717, 1.165) is 55.3 Å². The molecule has 2 aliphatic rings. The molecule has 0 amide bonds. The van der Waals surface area contributed by atoms with Crippen molar-refractivity contribution in [1.82, 2.24) is 19.5 Å². The normalized spacial score (nSPS) is 15.5. The highest BCUT2D eigenvalue weighted by atomic mass is 16.3. The molecule has 0 radical (unpaired) electrons. The molecule has 10 aromatic rings. The van der Waals surface area contributed by atoms with E-state index in [-0.39, 0.29) is 0 Å². The van der Waals surface area contributed by atoms with Crippen molar-refractivity contribution in [2.45, 2.75) is 12.3 Å². The average Bonchev–Trinajstić information content (AvgIpc) is 3.76. The molecule has 6 bridgehead atoms. The number of fused-ring (bicyclic) bond motifs is 15. The molecule has 5 heterocycles. The summed E-state index contributed by atoms with van der Waals surface area (Å²) in [6.45, 7) is 2.38. The number of nitrogens with zero attached hydrogens (tertiary/aromatic N) is 4. The third-order valence-electron chi connectivity index (χ3n) is 11.4. The van der Waals surface area contributed by atoms with E-state index in [1.165, 1.54) is 38.6 Å². The Morgan fingerprint density at radius 2 is 1.08 bits per heavy atom. The zero-order valence-corrected chi connectivity index (χ0v) is 28.1. The van der Waals surface area contributed by atoms with Crippen LogP contribution in [-0.2, 0) is 5.41 Å². The van der Waals surface area contributed by atoms with Crippen molar-refractivity contribution in [2.75, 3.05) is 0 Å². The fraction of sp³-hybridized carbons (Fsp3) is 0.0426. The van der Waals surface area contributed by atoms with E-state index in [2.05, 4.69) is 145 Å². The lowest BCUT2D eigenvalue weighted by molar-refractivity contribution is 0.669. The predicted molar refractivity (Wildman–Crippen MR) is 209 cm³/mol. The van der Waals surface area contributed by atoms with E-state index in [1.807, 2.05) is 18.2 Å². The molecule has 0 fully saturated rings. The molecule has 0 aliphatic carbocycles. The summed E-state index contributed by atoms with van der Waals surface area (Å²) >= 11 is 0. The van der Waals surface area contributed by atoms with Crippen LogP contribution in [0.5, 0.6) is 0 Å². The Balaban J connectivity index is 1.33. The second kappa shape index (κ2) is 9.89. The summed E-state index contributed by atoms with van der Waals surface area (Å²) in [5.41, 5.74) is 13.1. The van der Waals surface area contributed by atoms with Gasteiger partial charge in [0.25, 0.3) is 0 Å². The number of para-hydroxylation sites is 4. The highest BCUT2D eigenvalue weighted by Gasteiger charge is 2.42. The minimum atomic E-state index is -0.586. The zero-order valence-electron chi connectivity index (χ0n) is 28.1. The van der Waals surface area contributed by atoms with Crippen LogP contribution in [0, 0.1) is 0 Å². The first kappa shape index (κ1) is 27.9. The summed E-state index contributed by atoms with van der Waals surface area (Å²) in [4.78, 5) is 15.7. The van der Waals surface area contributed by atoms with Crippen molar-refractivity contribution in [1.29, 1.82) is 0 Å². The molecule has 5 heteroatoms. The van der Waals surface area contributed by atoms with Crippen LogP contribution in [0.25, 0.3) is 94.7 Å². The zero-order chi connectivity index (χ0) is 34.1. The summed E-state index contributed by atoms with van der Waals surface area (Å²) in [6, 6.07) is 54.1. The van der Waals surface area contributed by atoms with Gasteiger partial charge < -0.3 is 8.98 Å². The van der Waals surface area contributed by atoms with E-state index >= 15 is 0 Å². The van der Waals surface area contributed by atoms with Crippen molar-refractivity contribution >= 4 is 43.7 Å². The van der Waals surface area contributed by atoms with Gasteiger partial charge in [0.1, 0.15) is 11.2 Å². The second-order valence-electron chi connectivity index (χ2n) is 14.1. The van der Waals surface area contributed by atoms with Gasteiger partial charge in [-0.25, -0.2) is 15.0 Å². The predicted octanol–water partition coefficient (Wildman–Crippen LogP) is 11.5. The minimum absolute atomic E-state index is 0.581. The maximum absolute atomic E-state index is 6.99. The average molecular weight is 665 g/mol. The molecule has 2 aliphatic heterocycles. The first-order valence-corrected chi connectivity index (χ1v) is 17.7. The summed E-state index contributed by atoms with van der Waals surface area (Å²) in [6.07, 6.45) is 0. The molecule has 3 aromatic heterocycles. The molecule has 1 unspecified atom stereocenters. The van der Waals surface area contributed by atoms with E-state index in [1.54, 1.807) is 0 Å². The molecule has 7 aromatic carbocycles.